The number of carbonyl (C=O) groups is 3. The van der Waals surface area contributed by atoms with Crippen LogP contribution >= 0.6 is 0 Å². The van der Waals surface area contributed by atoms with E-state index in [2.05, 4.69) is 0 Å². The second-order valence-corrected chi connectivity index (χ2v) is 4.86. The zero-order valence-electron chi connectivity index (χ0n) is 10.8. The third kappa shape index (κ3) is 2.08. The van der Waals surface area contributed by atoms with Crippen molar-refractivity contribution in [3.63, 3.8) is 0 Å². The van der Waals surface area contributed by atoms with E-state index in [-0.39, 0.29) is 16.9 Å². The average Bonchev–Trinajstić information content (AvgIpc) is 2.46. The molecule has 2 aromatic rings. The number of rotatable bonds is 2. The minimum absolute atomic E-state index is 0.111. The molecule has 0 bridgehead atoms. The van der Waals surface area contributed by atoms with Crippen molar-refractivity contribution < 1.29 is 24.6 Å². The molecule has 0 saturated heterocycles. The van der Waals surface area contributed by atoms with Gasteiger partial charge >= 0.3 is 11.9 Å². The highest BCUT2D eigenvalue weighted by molar-refractivity contribution is 6.13. The molecule has 1 aliphatic carbocycles. The lowest BCUT2D eigenvalue weighted by molar-refractivity contribution is 0.0686. The first kappa shape index (κ1) is 13.1. The molecular formula is C16H10O5. The van der Waals surface area contributed by atoms with E-state index in [9.17, 15) is 14.4 Å². The van der Waals surface area contributed by atoms with Gasteiger partial charge in [0.05, 0.1) is 11.1 Å². The first-order chi connectivity index (χ1) is 9.97. The first-order valence-electron chi connectivity index (χ1n) is 6.24. The van der Waals surface area contributed by atoms with Crippen LogP contribution in [0.4, 0.5) is 0 Å². The molecule has 0 unspecified atom stereocenters. The highest BCUT2D eigenvalue weighted by Gasteiger charge is 2.24. The predicted octanol–water partition coefficient (Wildman–Crippen LogP) is 2.22. The van der Waals surface area contributed by atoms with Gasteiger partial charge in [0.1, 0.15) is 0 Å². The number of benzene rings is 2. The lowest BCUT2D eigenvalue weighted by atomic mass is 9.83. The molecule has 1 aliphatic rings. The summed E-state index contributed by atoms with van der Waals surface area (Å²) in [7, 11) is 0. The Bertz CT molecular complexity index is 739. The van der Waals surface area contributed by atoms with E-state index in [4.69, 9.17) is 10.2 Å². The number of ketones is 1. The molecule has 104 valence electrons. The Morgan fingerprint density at radius 2 is 1.24 bits per heavy atom. The van der Waals surface area contributed by atoms with Crippen LogP contribution in [-0.4, -0.2) is 27.9 Å². The second-order valence-electron chi connectivity index (χ2n) is 4.86. The fraction of sp³-hybridized carbons (Fsp3) is 0.0625. The Morgan fingerprint density at radius 1 is 0.810 bits per heavy atom. The summed E-state index contributed by atoms with van der Waals surface area (Å²) in [6, 6.07) is 8.74. The molecule has 0 saturated carbocycles. The molecule has 0 radical (unpaired) electrons. The van der Waals surface area contributed by atoms with Crippen LogP contribution in [0.1, 0.15) is 47.8 Å². The molecule has 0 atom stereocenters. The Balaban J connectivity index is 2.13. The summed E-state index contributed by atoms with van der Waals surface area (Å²) < 4.78 is 0. The number of carboxylic acid groups (broad SMARTS) is 2. The lowest BCUT2D eigenvalue weighted by Gasteiger charge is -2.19. The highest BCUT2D eigenvalue weighted by atomic mass is 16.4. The zero-order valence-corrected chi connectivity index (χ0v) is 10.8. The smallest absolute Gasteiger partial charge is 0.335 e. The third-order valence-corrected chi connectivity index (χ3v) is 3.57. The third-order valence-electron chi connectivity index (χ3n) is 3.57. The fourth-order valence-corrected chi connectivity index (χ4v) is 2.54. The second kappa shape index (κ2) is 4.56. The van der Waals surface area contributed by atoms with Crippen molar-refractivity contribution in [3.05, 3.63) is 69.8 Å². The van der Waals surface area contributed by atoms with Crippen molar-refractivity contribution in [2.75, 3.05) is 0 Å². The SMILES string of the molecule is O=C(O)c1ccc2c(c1)Cc1cc(C(=O)O)ccc1C2=O. The molecule has 21 heavy (non-hydrogen) atoms. The van der Waals surface area contributed by atoms with Gasteiger partial charge in [0.2, 0.25) is 0 Å². The average molecular weight is 282 g/mol. The number of hydrogen-bond donors (Lipinski definition) is 2. The minimum Gasteiger partial charge on any atom is -0.478 e. The van der Waals surface area contributed by atoms with Crippen molar-refractivity contribution in [1.82, 2.24) is 0 Å². The van der Waals surface area contributed by atoms with Gasteiger partial charge in [0, 0.05) is 11.1 Å². The van der Waals surface area contributed by atoms with Gasteiger partial charge in [-0.3, -0.25) is 4.79 Å². The van der Waals surface area contributed by atoms with Crippen molar-refractivity contribution in [2.24, 2.45) is 0 Å². The highest BCUT2D eigenvalue weighted by Crippen LogP contribution is 2.28. The first-order valence-corrected chi connectivity index (χ1v) is 6.24. The molecule has 0 aliphatic heterocycles. The molecule has 0 spiro atoms. The molecule has 5 nitrogen and oxygen atoms in total. The van der Waals surface area contributed by atoms with E-state index in [1.165, 1.54) is 36.4 Å². The van der Waals surface area contributed by atoms with E-state index < -0.39 is 11.9 Å². The summed E-state index contributed by atoms with van der Waals surface area (Å²) in [4.78, 5) is 34.4. The number of hydrogen-bond acceptors (Lipinski definition) is 3. The molecule has 0 heterocycles. The van der Waals surface area contributed by atoms with Crippen molar-refractivity contribution in [1.29, 1.82) is 0 Å². The summed E-state index contributed by atoms with van der Waals surface area (Å²) in [5.41, 5.74) is 2.37. The fourth-order valence-electron chi connectivity index (χ4n) is 2.54. The normalized spacial score (nSPS) is 12.5. The standard InChI is InChI=1S/C16H10O5/c17-14-12-3-1-8(15(18)19)5-10(12)7-11-6-9(16(20)21)2-4-13(11)14/h1-6H,7H2,(H,18,19)(H,20,21). The van der Waals surface area contributed by atoms with Crippen LogP contribution in [0.15, 0.2) is 36.4 Å². The van der Waals surface area contributed by atoms with Crippen LogP contribution in [0.2, 0.25) is 0 Å². The van der Waals surface area contributed by atoms with Gasteiger partial charge in [-0.1, -0.05) is 0 Å². The van der Waals surface area contributed by atoms with Crippen molar-refractivity contribution in [2.45, 2.75) is 6.42 Å². The molecule has 0 aromatic heterocycles. The number of carboxylic acids is 2. The Labute approximate surface area is 119 Å². The minimum atomic E-state index is -1.06. The molecule has 2 N–H and O–H groups in total. The number of aromatic carboxylic acids is 2. The van der Waals surface area contributed by atoms with Crippen LogP contribution in [0, 0.1) is 0 Å². The maximum atomic E-state index is 12.4. The van der Waals surface area contributed by atoms with Crippen LogP contribution in [0.5, 0.6) is 0 Å². The summed E-state index contributed by atoms with van der Waals surface area (Å²) in [6.45, 7) is 0. The maximum absolute atomic E-state index is 12.4. The molecule has 0 fully saturated rings. The van der Waals surface area contributed by atoms with Crippen molar-refractivity contribution in [3.8, 4) is 0 Å². The van der Waals surface area contributed by atoms with Crippen LogP contribution in [0.3, 0.4) is 0 Å². The lowest BCUT2D eigenvalue weighted by Crippen LogP contribution is -2.16. The van der Waals surface area contributed by atoms with Gasteiger partial charge in [-0.15, -0.1) is 0 Å². The summed E-state index contributed by atoms with van der Waals surface area (Å²) >= 11 is 0. The summed E-state index contributed by atoms with van der Waals surface area (Å²) in [5, 5.41) is 18.0. The molecule has 5 heteroatoms. The number of fused-ring (bicyclic) bond motifs is 2. The van der Waals surface area contributed by atoms with E-state index in [0.717, 1.165) is 0 Å². The van der Waals surface area contributed by atoms with Crippen LogP contribution < -0.4 is 0 Å². The monoisotopic (exact) mass is 282 g/mol. The summed E-state index contributed by atoms with van der Waals surface area (Å²) in [5.74, 6) is -2.33. The Kier molecular flexibility index (Phi) is 2.83. The van der Waals surface area contributed by atoms with E-state index in [0.29, 0.717) is 28.7 Å². The molecule has 2 aromatic carbocycles. The van der Waals surface area contributed by atoms with Crippen molar-refractivity contribution >= 4 is 17.7 Å². The van der Waals surface area contributed by atoms with Gasteiger partial charge in [0.25, 0.3) is 0 Å². The van der Waals surface area contributed by atoms with E-state index in [1.807, 2.05) is 0 Å². The quantitative estimate of drug-likeness (QED) is 0.752. The van der Waals surface area contributed by atoms with Gasteiger partial charge in [-0.25, -0.2) is 9.59 Å². The van der Waals surface area contributed by atoms with Gasteiger partial charge in [0.15, 0.2) is 5.78 Å². The van der Waals surface area contributed by atoms with Crippen LogP contribution in [-0.2, 0) is 6.42 Å². The zero-order chi connectivity index (χ0) is 15.1. The van der Waals surface area contributed by atoms with E-state index >= 15 is 0 Å². The molecule has 3 rings (SSSR count). The topological polar surface area (TPSA) is 91.7 Å². The summed E-state index contributed by atoms with van der Waals surface area (Å²) in [6.07, 6.45) is 0.346. The van der Waals surface area contributed by atoms with Crippen LogP contribution in [0.25, 0.3) is 0 Å². The van der Waals surface area contributed by atoms with Gasteiger partial charge in [-0.05, 0) is 53.9 Å². The largest absolute Gasteiger partial charge is 0.478 e. The van der Waals surface area contributed by atoms with Gasteiger partial charge < -0.3 is 10.2 Å². The van der Waals surface area contributed by atoms with Gasteiger partial charge in [-0.2, -0.15) is 0 Å². The maximum Gasteiger partial charge on any atom is 0.335 e. The Morgan fingerprint density at radius 3 is 1.62 bits per heavy atom. The molecular weight excluding hydrogens is 272 g/mol. The predicted molar refractivity (Wildman–Crippen MR) is 73.0 cm³/mol. The van der Waals surface area contributed by atoms with E-state index in [1.54, 1.807) is 0 Å². The Hall–Kier alpha value is -2.95. The molecule has 0 amide bonds. The number of carbonyl (C=O) groups excluding carboxylic acids is 1.